The van der Waals surface area contributed by atoms with Crippen LogP contribution in [-0.2, 0) is 10.1 Å². The zero-order chi connectivity index (χ0) is 22.2. The Labute approximate surface area is 224 Å². The van der Waals surface area contributed by atoms with Crippen LogP contribution < -0.4 is 75.1 Å². The average molecular weight is 476 g/mol. The standard InChI is InChI=1S/C17H12N4O8S.2Na/c18-13-7-15(22)11-6-9(30(27,28)29)2-3-10(11)16(13)20-19-14-4-1-8(21(25)26)5-12(14)17(23)24;;/h1-7,22H,18H2,(H,23,24)(H,27,28,29);;/q;2*+1/p-2. The zero-order valence-corrected chi connectivity index (χ0v) is 21.5. The van der Waals surface area contributed by atoms with Gasteiger partial charge in [-0.15, -0.1) is 10.2 Å². The predicted molar refractivity (Wildman–Crippen MR) is 99.2 cm³/mol. The first kappa shape index (κ1) is 27.9. The number of carboxylic acids is 1. The Kier molecular flexibility index (Phi) is 9.32. The fourth-order valence-corrected chi connectivity index (χ4v) is 3.15. The van der Waals surface area contributed by atoms with Gasteiger partial charge in [0.25, 0.3) is 15.8 Å². The summed E-state index contributed by atoms with van der Waals surface area (Å²) >= 11 is 0. The molecular formula is C17H10N4Na2O8S. The normalized spacial score (nSPS) is 11.0. The second-order valence-electron chi connectivity index (χ2n) is 5.94. The number of nitrogen functional groups attached to an aromatic ring is 1. The summed E-state index contributed by atoms with van der Waals surface area (Å²) in [5, 5.41) is 41.8. The summed E-state index contributed by atoms with van der Waals surface area (Å²) in [5.74, 6) is -2.36. The van der Waals surface area contributed by atoms with Crippen molar-refractivity contribution in [3.8, 4) is 5.75 Å². The first-order chi connectivity index (χ1) is 14.0. The number of nitrogens with zero attached hydrogens (tertiary/aromatic N) is 3. The molecule has 0 aliphatic rings. The van der Waals surface area contributed by atoms with E-state index in [1.54, 1.807) is 0 Å². The number of non-ortho nitro benzene ring substituents is 1. The summed E-state index contributed by atoms with van der Waals surface area (Å²) in [4.78, 5) is 20.8. The Hall–Kier alpha value is -2.10. The van der Waals surface area contributed by atoms with Gasteiger partial charge in [0, 0.05) is 23.1 Å². The van der Waals surface area contributed by atoms with Crippen LogP contribution in [0.25, 0.3) is 10.8 Å². The summed E-state index contributed by atoms with van der Waals surface area (Å²) in [7, 11) is -4.57. The van der Waals surface area contributed by atoms with Gasteiger partial charge in [-0.25, -0.2) is 0 Å². The number of hydrogen-bond donors (Lipinski definition) is 2. The molecule has 0 aromatic heterocycles. The number of fused-ring (bicyclic) bond motifs is 1. The number of azo groups is 1. The molecule has 3 aromatic rings. The number of benzene rings is 3. The largest absolute Gasteiger partial charge is 1.00 e. The number of aromatic carboxylic acids is 1. The molecule has 0 bridgehead atoms. The van der Waals surface area contributed by atoms with Crippen molar-refractivity contribution < 1.29 is 92.0 Å². The molecule has 0 saturated carbocycles. The van der Waals surface area contributed by atoms with Gasteiger partial charge in [0.05, 0.1) is 27.2 Å². The molecular weight excluding hydrogens is 466 g/mol. The van der Waals surface area contributed by atoms with Crippen LogP contribution in [-0.4, -0.2) is 23.9 Å². The molecule has 3 N–H and O–H groups in total. The molecule has 0 saturated heterocycles. The predicted octanol–water partition coefficient (Wildman–Crippen LogP) is -4.56. The third kappa shape index (κ3) is 5.82. The fourth-order valence-electron chi connectivity index (χ4n) is 2.64. The molecule has 3 rings (SSSR count). The molecule has 0 aliphatic heterocycles. The van der Waals surface area contributed by atoms with E-state index in [1.165, 1.54) is 6.07 Å². The molecule has 12 nitrogen and oxygen atoms in total. The van der Waals surface area contributed by atoms with E-state index >= 15 is 0 Å². The molecule has 0 amide bonds. The molecule has 0 heterocycles. The summed E-state index contributed by atoms with van der Waals surface area (Å²) in [6, 6.07) is 6.91. The third-order valence-electron chi connectivity index (χ3n) is 4.04. The number of carbonyl (C=O) groups is 1. The molecule has 15 heteroatoms. The van der Waals surface area contributed by atoms with Crippen molar-refractivity contribution in [1.82, 2.24) is 0 Å². The van der Waals surface area contributed by atoms with Crippen molar-refractivity contribution in [3.63, 3.8) is 0 Å². The van der Waals surface area contributed by atoms with E-state index in [1.807, 2.05) is 0 Å². The van der Waals surface area contributed by atoms with E-state index in [4.69, 9.17) is 10.3 Å². The smallest absolute Gasteiger partial charge is 0.872 e. The molecule has 3 aromatic carbocycles. The van der Waals surface area contributed by atoms with Gasteiger partial charge in [-0.3, -0.25) is 14.7 Å². The molecule has 0 aliphatic carbocycles. The maximum Gasteiger partial charge on any atom is 1.00 e. The third-order valence-corrected chi connectivity index (χ3v) is 4.89. The van der Waals surface area contributed by atoms with Crippen molar-refractivity contribution in [2.45, 2.75) is 4.90 Å². The van der Waals surface area contributed by atoms with Crippen molar-refractivity contribution >= 4 is 49.6 Å². The summed E-state index contributed by atoms with van der Waals surface area (Å²) in [5.41, 5.74) is 4.24. The summed E-state index contributed by atoms with van der Waals surface area (Å²) in [6.45, 7) is 0. The zero-order valence-electron chi connectivity index (χ0n) is 16.7. The van der Waals surface area contributed by atoms with Crippen LogP contribution in [0.3, 0.4) is 0 Å². The van der Waals surface area contributed by atoms with Crippen LogP contribution in [0.2, 0.25) is 0 Å². The minimum Gasteiger partial charge on any atom is -0.872 e. The van der Waals surface area contributed by atoms with E-state index in [9.17, 15) is 33.5 Å². The number of rotatable bonds is 5. The van der Waals surface area contributed by atoms with Gasteiger partial charge in [-0.2, -0.15) is 8.42 Å². The average Bonchev–Trinajstić information content (AvgIpc) is 2.66. The first-order valence-corrected chi connectivity index (χ1v) is 9.35. The fraction of sp³-hybridized carbons (Fsp3) is 0. The maximum atomic E-state index is 12.2. The molecule has 0 spiro atoms. The molecule has 32 heavy (non-hydrogen) atoms. The number of carbonyl (C=O) groups excluding carboxylic acids is 1. The molecule has 154 valence electrons. The molecule has 0 radical (unpaired) electrons. The van der Waals surface area contributed by atoms with Gasteiger partial charge in [-0.1, -0.05) is 11.8 Å². The summed E-state index contributed by atoms with van der Waals surface area (Å²) < 4.78 is 31.8. The van der Waals surface area contributed by atoms with Crippen molar-refractivity contribution in [2.24, 2.45) is 10.2 Å². The van der Waals surface area contributed by atoms with Gasteiger partial charge < -0.3 is 20.7 Å². The monoisotopic (exact) mass is 476 g/mol. The number of nitro benzene ring substituents is 1. The van der Waals surface area contributed by atoms with Crippen LogP contribution in [0.1, 0.15) is 10.4 Å². The van der Waals surface area contributed by atoms with Gasteiger partial charge in [-0.05, 0) is 29.7 Å². The van der Waals surface area contributed by atoms with E-state index in [0.29, 0.717) is 0 Å². The Balaban J connectivity index is 0.00000256. The second-order valence-corrected chi connectivity index (χ2v) is 7.36. The van der Waals surface area contributed by atoms with Gasteiger partial charge in [0.1, 0.15) is 5.69 Å². The van der Waals surface area contributed by atoms with Crippen LogP contribution in [0, 0.1) is 10.1 Å². The van der Waals surface area contributed by atoms with Gasteiger partial charge >= 0.3 is 59.1 Å². The van der Waals surface area contributed by atoms with Crippen LogP contribution >= 0.6 is 0 Å². The topological polar surface area (TPSA) is 211 Å². The molecule has 0 fully saturated rings. The van der Waals surface area contributed by atoms with Crippen molar-refractivity contribution in [1.29, 1.82) is 0 Å². The van der Waals surface area contributed by atoms with E-state index in [0.717, 1.165) is 36.4 Å². The SMILES string of the molecule is Nc1cc([O-])c2cc(S(=O)(=O)O)ccc2c1N=Nc1ccc([N+](=O)[O-])cc1C(=O)[O-].[Na+].[Na+]. The number of hydrogen-bond acceptors (Lipinski definition) is 10. The van der Waals surface area contributed by atoms with E-state index in [-0.39, 0.29) is 86.9 Å². The minimum absolute atomic E-state index is 0. The maximum absolute atomic E-state index is 12.2. The number of nitro groups is 1. The first-order valence-electron chi connectivity index (χ1n) is 7.91. The Morgan fingerprint density at radius 1 is 1.03 bits per heavy atom. The van der Waals surface area contributed by atoms with Crippen LogP contribution in [0.15, 0.2) is 57.6 Å². The molecule has 0 unspecified atom stereocenters. The minimum atomic E-state index is -4.57. The number of nitrogens with two attached hydrogens (primary N) is 1. The number of anilines is 1. The Morgan fingerprint density at radius 3 is 2.25 bits per heavy atom. The number of carboxylic acid groups (broad SMARTS) is 1. The quantitative estimate of drug-likeness (QED) is 0.0905. The van der Waals surface area contributed by atoms with Gasteiger partial charge in [0.15, 0.2) is 0 Å². The van der Waals surface area contributed by atoms with Crippen LogP contribution in [0.5, 0.6) is 5.75 Å². The van der Waals surface area contributed by atoms with Crippen molar-refractivity contribution in [3.05, 3.63) is 58.1 Å². The van der Waals surface area contributed by atoms with E-state index < -0.39 is 42.9 Å². The summed E-state index contributed by atoms with van der Waals surface area (Å²) in [6.07, 6.45) is 0. The Bertz CT molecular complexity index is 1360. The molecule has 0 atom stereocenters. The Morgan fingerprint density at radius 2 is 1.69 bits per heavy atom. The van der Waals surface area contributed by atoms with Crippen molar-refractivity contribution in [2.75, 3.05) is 5.73 Å². The van der Waals surface area contributed by atoms with Gasteiger partial charge in [0.2, 0.25) is 0 Å². The second kappa shape index (κ2) is 10.7. The van der Waals surface area contributed by atoms with Crippen LogP contribution in [0.4, 0.5) is 22.7 Å². The van der Waals surface area contributed by atoms with E-state index in [2.05, 4.69) is 10.2 Å².